The van der Waals surface area contributed by atoms with Gasteiger partial charge in [-0.25, -0.2) is 4.79 Å². The minimum atomic E-state index is -1.08. The highest BCUT2D eigenvalue weighted by molar-refractivity contribution is 6.36. The summed E-state index contributed by atoms with van der Waals surface area (Å²) in [6.45, 7) is 3.42. The van der Waals surface area contributed by atoms with E-state index in [1.807, 2.05) is 0 Å². The van der Waals surface area contributed by atoms with Gasteiger partial charge in [0.15, 0.2) is 0 Å². The molecule has 1 aromatic carbocycles. The monoisotopic (exact) mass is 289 g/mol. The van der Waals surface area contributed by atoms with Gasteiger partial charge >= 0.3 is 5.97 Å². The molecule has 98 valence electrons. The van der Waals surface area contributed by atoms with E-state index in [1.165, 1.54) is 18.2 Å². The number of halogens is 2. The van der Waals surface area contributed by atoms with Crippen LogP contribution in [0, 0.1) is 5.92 Å². The van der Waals surface area contributed by atoms with Crippen LogP contribution in [0.2, 0.25) is 10.0 Å². The van der Waals surface area contributed by atoms with Gasteiger partial charge in [-0.1, -0.05) is 37.0 Å². The van der Waals surface area contributed by atoms with Crippen molar-refractivity contribution in [1.29, 1.82) is 0 Å². The number of benzene rings is 1. The summed E-state index contributed by atoms with van der Waals surface area (Å²) in [7, 11) is 0. The van der Waals surface area contributed by atoms with Gasteiger partial charge in [-0.05, 0) is 24.1 Å². The molecule has 0 heterocycles. The number of carbonyl (C=O) groups excluding carboxylic acids is 1. The Morgan fingerprint density at radius 3 is 2.33 bits per heavy atom. The van der Waals surface area contributed by atoms with Crippen LogP contribution in [0.1, 0.15) is 24.2 Å². The van der Waals surface area contributed by atoms with Crippen LogP contribution in [0.25, 0.3) is 0 Å². The Hall–Kier alpha value is -1.26. The number of carboxylic acid groups (broad SMARTS) is 1. The number of nitrogens with one attached hydrogen (secondary N) is 1. The molecule has 1 aromatic rings. The average molecular weight is 290 g/mol. The molecule has 0 aromatic heterocycles. The Morgan fingerprint density at radius 2 is 1.89 bits per heavy atom. The molecule has 0 saturated heterocycles. The van der Waals surface area contributed by atoms with Crippen molar-refractivity contribution in [2.45, 2.75) is 19.9 Å². The molecule has 0 aliphatic rings. The number of hydrogen-bond acceptors (Lipinski definition) is 2. The third kappa shape index (κ3) is 3.62. The van der Waals surface area contributed by atoms with Crippen molar-refractivity contribution in [3.05, 3.63) is 33.8 Å². The number of amides is 1. The second kappa shape index (κ2) is 6.07. The first-order valence-corrected chi connectivity index (χ1v) is 6.07. The van der Waals surface area contributed by atoms with E-state index in [2.05, 4.69) is 5.32 Å². The van der Waals surface area contributed by atoms with Crippen molar-refractivity contribution < 1.29 is 14.7 Å². The van der Waals surface area contributed by atoms with Crippen molar-refractivity contribution in [3.63, 3.8) is 0 Å². The number of rotatable bonds is 4. The maximum Gasteiger partial charge on any atom is 0.326 e. The molecule has 1 atom stereocenters. The summed E-state index contributed by atoms with van der Waals surface area (Å²) < 4.78 is 0. The molecule has 4 nitrogen and oxygen atoms in total. The minimum Gasteiger partial charge on any atom is -0.480 e. The summed E-state index contributed by atoms with van der Waals surface area (Å²) in [5, 5.41) is 12.0. The molecule has 1 amide bonds. The highest BCUT2D eigenvalue weighted by Crippen LogP contribution is 2.21. The Balaban J connectivity index is 2.91. The Labute approximate surface area is 115 Å². The molecule has 0 spiro atoms. The lowest BCUT2D eigenvalue weighted by Crippen LogP contribution is -2.44. The van der Waals surface area contributed by atoms with Crippen LogP contribution in [0.4, 0.5) is 0 Å². The van der Waals surface area contributed by atoms with Gasteiger partial charge in [-0.2, -0.15) is 0 Å². The van der Waals surface area contributed by atoms with Crippen LogP contribution in [0.3, 0.4) is 0 Å². The zero-order chi connectivity index (χ0) is 13.9. The molecule has 1 unspecified atom stereocenters. The van der Waals surface area contributed by atoms with Gasteiger partial charge in [0.1, 0.15) is 6.04 Å². The SMILES string of the molecule is CC(C)C(NC(=O)c1ccc(Cl)cc1Cl)C(=O)O. The van der Waals surface area contributed by atoms with Crippen LogP contribution in [0.15, 0.2) is 18.2 Å². The van der Waals surface area contributed by atoms with Crippen LogP contribution in [-0.4, -0.2) is 23.0 Å². The lowest BCUT2D eigenvalue weighted by molar-refractivity contribution is -0.140. The summed E-state index contributed by atoms with van der Waals surface area (Å²) in [5.41, 5.74) is 0.202. The van der Waals surface area contributed by atoms with E-state index in [9.17, 15) is 9.59 Å². The van der Waals surface area contributed by atoms with Crippen molar-refractivity contribution in [3.8, 4) is 0 Å². The minimum absolute atomic E-state index is 0.188. The van der Waals surface area contributed by atoms with E-state index in [0.29, 0.717) is 5.02 Å². The summed E-state index contributed by atoms with van der Waals surface area (Å²) in [6.07, 6.45) is 0. The first-order valence-electron chi connectivity index (χ1n) is 5.31. The highest BCUT2D eigenvalue weighted by atomic mass is 35.5. The topological polar surface area (TPSA) is 66.4 Å². The van der Waals surface area contributed by atoms with Crippen LogP contribution in [-0.2, 0) is 4.79 Å². The summed E-state index contributed by atoms with van der Waals surface area (Å²) >= 11 is 11.6. The Kier molecular flexibility index (Phi) is 4.99. The summed E-state index contributed by atoms with van der Waals surface area (Å²) in [4.78, 5) is 22.9. The fraction of sp³-hybridized carbons (Fsp3) is 0.333. The van der Waals surface area contributed by atoms with Crippen LogP contribution in [0.5, 0.6) is 0 Å². The van der Waals surface area contributed by atoms with Gasteiger partial charge in [-0.3, -0.25) is 4.79 Å². The third-order valence-electron chi connectivity index (χ3n) is 2.40. The molecule has 2 N–H and O–H groups in total. The van der Waals surface area contributed by atoms with Crippen molar-refractivity contribution in [1.82, 2.24) is 5.32 Å². The molecule has 0 saturated carbocycles. The van der Waals surface area contributed by atoms with Gasteiger partial charge in [0.05, 0.1) is 10.6 Å². The molecule has 6 heteroatoms. The molecular weight excluding hydrogens is 277 g/mol. The largest absolute Gasteiger partial charge is 0.480 e. The number of carbonyl (C=O) groups is 2. The van der Waals surface area contributed by atoms with Gasteiger partial charge < -0.3 is 10.4 Å². The van der Waals surface area contributed by atoms with E-state index in [1.54, 1.807) is 13.8 Å². The van der Waals surface area contributed by atoms with E-state index in [4.69, 9.17) is 28.3 Å². The molecule has 1 rings (SSSR count). The standard InChI is InChI=1S/C12H13Cl2NO3/c1-6(2)10(12(17)18)15-11(16)8-4-3-7(13)5-9(8)14/h3-6,10H,1-2H3,(H,15,16)(H,17,18). The smallest absolute Gasteiger partial charge is 0.326 e. The zero-order valence-corrected chi connectivity index (χ0v) is 11.4. The third-order valence-corrected chi connectivity index (χ3v) is 2.94. The fourth-order valence-electron chi connectivity index (χ4n) is 1.41. The molecule has 0 bridgehead atoms. The predicted octanol–water partition coefficient (Wildman–Crippen LogP) is 2.83. The van der Waals surface area contributed by atoms with E-state index < -0.39 is 17.9 Å². The first-order chi connectivity index (χ1) is 8.32. The Bertz CT molecular complexity index is 474. The number of carboxylic acids is 1. The lowest BCUT2D eigenvalue weighted by Gasteiger charge is -2.18. The molecule has 0 radical (unpaired) electrons. The Morgan fingerprint density at radius 1 is 1.28 bits per heavy atom. The van der Waals surface area contributed by atoms with Crippen molar-refractivity contribution in [2.75, 3.05) is 0 Å². The lowest BCUT2D eigenvalue weighted by atomic mass is 10.0. The van der Waals surface area contributed by atoms with Crippen molar-refractivity contribution in [2.24, 2.45) is 5.92 Å². The quantitative estimate of drug-likeness (QED) is 0.896. The fourth-order valence-corrected chi connectivity index (χ4v) is 1.90. The van der Waals surface area contributed by atoms with Crippen molar-refractivity contribution >= 4 is 35.1 Å². The second-order valence-corrected chi connectivity index (χ2v) is 5.00. The van der Waals surface area contributed by atoms with Gasteiger partial charge in [0.25, 0.3) is 5.91 Å². The van der Waals surface area contributed by atoms with Crippen LogP contribution < -0.4 is 5.32 Å². The molecule has 18 heavy (non-hydrogen) atoms. The van der Waals surface area contributed by atoms with E-state index in [-0.39, 0.29) is 16.5 Å². The number of hydrogen-bond donors (Lipinski definition) is 2. The number of aliphatic carboxylic acids is 1. The van der Waals surface area contributed by atoms with Gasteiger partial charge in [-0.15, -0.1) is 0 Å². The van der Waals surface area contributed by atoms with Gasteiger partial charge in [0.2, 0.25) is 0 Å². The molecule has 0 aliphatic heterocycles. The summed E-state index contributed by atoms with van der Waals surface area (Å²) in [6, 6.07) is 3.46. The summed E-state index contributed by atoms with van der Waals surface area (Å²) in [5.74, 6) is -1.83. The molecule has 0 fully saturated rings. The maximum absolute atomic E-state index is 11.9. The highest BCUT2D eigenvalue weighted by Gasteiger charge is 2.24. The maximum atomic E-state index is 11.9. The normalized spacial score (nSPS) is 12.3. The van der Waals surface area contributed by atoms with E-state index >= 15 is 0 Å². The average Bonchev–Trinajstić information content (AvgIpc) is 2.24. The van der Waals surface area contributed by atoms with Crippen LogP contribution >= 0.6 is 23.2 Å². The second-order valence-electron chi connectivity index (χ2n) is 4.16. The molecule has 0 aliphatic carbocycles. The van der Waals surface area contributed by atoms with E-state index in [0.717, 1.165) is 0 Å². The molecular formula is C12H13Cl2NO3. The zero-order valence-electron chi connectivity index (χ0n) is 9.91. The first kappa shape index (κ1) is 14.8. The predicted molar refractivity (Wildman–Crippen MR) is 70.2 cm³/mol. The van der Waals surface area contributed by atoms with Gasteiger partial charge in [0, 0.05) is 5.02 Å².